The lowest BCUT2D eigenvalue weighted by atomic mass is 9.78. The summed E-state index contributed by atoms with van der Waals surface area (Å²) in [5.74, 6) is 0.366. The highest BCUT2D eigenvalue weighted by molar-refractivity contribution is 5.99. The van der Waals surface area contributed by atoms with Crippen LogP contribution in [0.1, 0.15) is 43.5 Å². The van der Waals surface area contributed by atoms with Gasteiger partial charge in [0.2, 0.25) is 6.41 Å². The van der Waals surface area contributed by atoms with Crippen molar-refractivity contribution in [1.29, 1.82) is 0 Å². The van der Waals surface area contributed by atoms with Crippen molar-refractivity contribution in [1.82, 2.24) is 0 Å². The van der Waals surface area contributed by atoms with E-state index in [0.29, 0.717) is 0 Å². The second-order valence-electron chi connectivity index (χ2n) is 6.06. The maximum absolute atomic E-state index is 12.5. The molecule has 3 heteroatoms. The molecule has 1 aliphatic carbocycles. The topological polar surface area (TPSA) is 37.4 Å². The van der Waals surface area contributed by atoms with E-state index in [-0.39, 0.29) is 17.1 Å². The van der Waals surface area contributed by atoms with Gasteiger partial charge in [0.15, 0.2) is 5.78 Å². The van der Waals surface area contributed by atoms with Crippen LogP contribution < -0.4 is 4.90 Å². The van der Waals surface area contributed by atoms with Gasteiger partial charge in [-0.25, -0.2) is 0 Å². The number of hydrogen-bond acceptors (Lipinski definition) is 2. The average molecular weight is 259 g/mol. The van der Waals surface area contributed by atoms with Crippen LogP contribution in [0.2, 0.25) is 0 Å². The average Bonchev–Trinajstić information content (AvgIpc) is 2.77. The molecule has 1 atom stereocenters. The molecule has 1 aromatic rings. The molecule has 1 unspecified atom stereocenters. The monoisotopic (exact) mass is 259 g/mol. The molecule has 1 aromatic carbocycles. The summed E-state index contributed by atoms with van der Waals surface area (Å²) in [4.78, 5) is 24.7. The molecule has 19 heavy (non-hydrogen) atoms. The van der Waals surface area contributed by atoms with Gasteiger partial charge < -0.3 is 4.90 Å². The van der Waals surface area contributed by atoms with E-state index in [1.807, 2.05) is 24.3 Å². The minimum Gasteiger partial charge on any atom is -0.318 e. The Bertz CT molecular complexity index is 476. The number of amides is 1. The molecule has 3 nitrogen and oxygen atoms in total. The van der Waals surface area contributed by atoms with E-state index in [4.69, 9.17) is 0 Å². The van der Waals surface area contributed by atoms with Gasteiger partial charge in [-0.2, -0.15) is 0 Å². The molecule has 0 N–H and O–H groups in total. The van der Waals surface area contributed by atoms with E-state index in [0.717, 1.165) is 36.9 Å². The van der Waals surface area contributed by atoms with Crippen LogP contribution >= 0.6 is 0 Å². The van der Waals surface area contributed by atoms with E-state index < -0.39 is 0 Å². The van der Waals surface area contributed by atoms with Crippen LogP contribution in [0.15, 0.2) is 24.3 Å². The number of rotatable bonds is 4. The Hall–Kier alpha value is -1.64. The highest BCUT2D eigenvalue weighted by Crippen LogP contribution is 2.44. The molecular formula is C16H21NO2. The summed E-state index contributed by atoms with van der Waals surface area (Å²) in [7, 11) is 1.70. The van der Waals surface area contributed by atoms with Crippen LogP contribution in [-0.2, 0) is 4.79 Å². The van der Waals surface area contributed by atoms with Crippen LogP contribution in [0.3, 0.4) is 0 Å². The second kappa shape index (κ2) is 5.16. The van der Waals surface area contributed by atoms with Crippen LogP contribution in [0, 0.1) is 11.3 Å². The fraction of sp³-hybridized carbons (Fsp3) is 0.500. The standard InChI is InChI=1S/C16H21NO2/c1-16(2)10-4-5-14(16)15(19)12-6-8-13(9-7-12)17(3)11-18/h6-9,11,14H,4-5,10H2,1-3H3. The van der Waals surface area contributed by atoms with Gasteiger partial charge in [-0.15, -0.1) is 0 Å². The number of hydrogen-bond donors (Lipinski definition) is 0. The maximum Gasteiger partial charge on any atom is 0.213 e. The summed E-state index contributed by atoms with van der Waals surface area (Å²) in [6, 6.07) is 7.30. The lowest BCUT2D eigenvalue weighted by molar-refractivity contribution is -0.107. The minimum atomic E-state index is 0.106. The third-order valence-electron chi connectivity index (χ3n) is 4.29. The van der Waals surface area contributed by atoms with Crippen LogP contribution in [-0.4, -0.2) is 19.2 Å². The third-order valence-corrected chi connectivity index (χ3v) is 4.29. The van der Waals surface area contributed by atoms with E-state index in [2.05, 4.69) is 13.8 Å². The van der Waals surface area contributed by atoms with Crippen molar-refractivity contribution in [2.45, 2.75) is 33.1 Å². The Labute approximate surface area is 114 Å². The van der Waals surface area contributed by atoms with Gasteiger partial charge in [0.25, 0.3) is 0 Å². The van der Waals surface area contributed by atoms with Gasteiger partial charge >= 0.3 is 0 Å². The third kappa shape index (κ3) is 2.70. The Kier molecular flexibility index (Phi) is 3.74. The van der Waals surface area contributed by atoms with Crippen molar-refractivity contribution in [3.63, 3.8) is 0 Å². The van der Waals surface area contributed by atoms with Crippen molar-refractivity contribution in [3.05, 3.63) is 29.8 Å². The van der Waals surface area contributed by atoms with E-state index in [1.165, 1.54) is 4.90 Å². The molecule has 0 radical (unpaired) electrons. The fourth-order valence-corrected chi connectivity index (χ4v) is 2.94. The summed E-state index contributed by atoms with van der Waals surface area (Å²) in [5, 5.41) is 0. The molecular weight excluding hydrogens is 238 g/mol. The van der Waals surface area contributed by atoms with Crippen LogP contribution in [0.25, 0.3) is 0 Å². The zero-order valence-electron chi connectivity index (χ0n) is 11.8. The fourth-order valence-electron chi connectivity index (χ4n) is 2.94. The first kappa shape index (κ1) is 13.8. The van der Waals surface area contributed by atoms with Gasteiger partial charge in [-0.3, -0.25) is 9.59 Å². The molecule has 0 spiro atoms. The number of anilines is 1. The summed E-state index contributed by atoms with van der Waals surface area (Å²) in [6.45, 7) is 4.36. The molecule has 2 rings (SSSR count). The molecule has 102 valence electrons. The summed E-state index contributed by atoms with van der Waals surface area (Å²) >= 11 is 0. The Morgan fingerprint density at radius 1 is 1.32 bits per heavy atom. The molecule has 1 fully saturated rings. The molecule has 0 bridgehead atoms. The highest BCUT2D eigenvalue weighted by atomic mass is 16.1. The largest absolute Gasteiger partial charge is 0.318 e. The molecule has 0 saturated heterocycles. The van der Waals surface area contributed by atoms with E-state index in [1.54, 1.807) is 7.05 Å². The normalized spacial score (nSPS) is 21.1. The lowest BCUT2D eigenvalue weighted by Gasteiger charge is -2.25. The minimum absolute atomic E-state index is 0.106. The smallest absolute Gasteiger partial charge is 0.213 e. The quantitative estimate of drug-likeness (QED) is 0.614. The van der Waals surface area contributed by atoms with Gasteiger partial charge in [0.05, 0.1) is 0 Å². The van der Waals surface area contributed by atoms with Crippen molar-refractivity contribution in [3.8, 4) is 0 Å². The number of Topliss-reactive ketones (excluding diaryl/α,β-unsaturated/α-hetero) is 1. The molecule has 0 heterocycles. The first-order valence-electron chi connectivity index (χ1n) is 6.78. The Morgan fingerprint density at radius 2 is 1.95 bits per heavy atom. The zero-order valence-corrected chi connectivity index (χ0v) is 11.8. The lowest BCUT2D eigenvalue weighted by Crippen LogP contribution is -2.25. The van der Waals surface area contributed by atoms with Crippen LogP contribution in [0.5, 0.6) is 0 Å². The van der Waals surface area contributed by atoms with Gasteiger partial charge in [-0.1, -0.05) is 20.3 Å². The predicted octanol–water partition coefficient (Wildman–Crippen LogP) is 3.29. The van der Waals surface area contributed by atoms with Gasteiger partial charge in [-0.05, 0) is 42.5 Å². The maximum atomic E-state index is 12.5. The van der Waals surface area contributed by atoms with Crippen LogP contribution in [0.4, 0.5) is 5.69 Å². The summed E-state index contributed by atoms with van der Waals surface area (Å²) in [5.41, 5.74) is 1.66. The molecule has 1 amide bonds. The van der Waals surface area contributed by atoms with Crippen molar-refractivity contribution < 1.29 is 9.59 Å². The van der Waals surface area contributed by atoms with Crippen molar-refractivity contribution >= 4 is 17.9 Å². The number of benzene rings is 1. The molecule has 0 aromatic heterocycles. The summed E-state index contributed by atoms with van der Waals surface area (Å²) in [6.07, 6.45) is 4.00. The van der Waals surface area contributed by atoms with Gasteiger partial charge in [0.1, 0.15) is 0 Å². The SMILES string of the molecule is CN(C=O)c1ccc(C(=O)C2CCCC2(C)C)cc1. The summed E-state index contributed by atoms with van der Waals surface area (Å²) < 4.78 is 0. The number of nitrogens with zero attached hydrogens (tertiary/aromatic N) is 1. The molecule has 0 aliphatic heterocycles. The highest BCUT2D eigenvalue weighted by Gasteiger charge is 2.39. The van der Waals surface area contributed by atoms with Crippen molar-refractivity contribution in [2.75, 3.05) is 11.9 Å². The second-order valence-corrected chi connectivity index (χ2v) is 6.06. The first-order chi connectivity index (χ1) is 8.95. The number of ketones is 1. The molecule has 1 saturated carbocycles. The molecule has 1 aliphatic rings. The van der Waals surface area contributed by atoms with Crippen molar-refractivity contribution in [2.24, 2.45) is 11.3 Å². The zero-order chi connectivity index (χ0) is 14.0. The predicted molar refractivity (Wildman–Crippen MR) is 76.4 cm³/mol. The Balaban J connectivity index is 2.18. The van der Waals surface area contributed by atoms with E-state index >= 15 is 0 Å². The van der Waals surface area contributed by atoms with E-state index in [9.17, 15) is 9.59 Å². The number of carbonyl (C=O) groups is 2. The van der Waals surface area contributed by atoms with Gasteiger partial charge in [0, 0.05) is 24.2 Å². The first-order valence-corrected chi connectivity index (χ1v) is 6.78. The number of carbonyl (C=O) groups excluding carboxylic acids is 2. The Morgan fingerprint density at radius 3 is 2.42 bits per heavy atom.